The zero-order chi connectivity index (χ0) is 19.1. The van der Waals surface area contributed by atoms with E-state index < -0.39 is 0 Å². The highest BCUT2D eigenvalue weighted by molar-refractivity contribution is 5.76. The lowest BCUT2D eigenvalue weighted by atomic mass is 10.1. The van der Waals surface area contributed by atoms with E-state index in [2.05, 4.69) is 34.5 Å². The Labute approximate surface area is 161 Å². The van der Waals surface area contributed by atoms with Crippen LogP contribution in [0, 0.1) is 0 Å². The first kappa shape index (κ1) is 19.1. The molecule has 0 aromatic heterocycles. The van der Waals surface area contributed by atoms with Gasteiger partial charge in [-0.05, 0) is 54.7 Å². The number of hydrogen-bond acceptors (Lipinski definition) is 4. The van der Waals surface area contributed by atoms with Crippen LogP contribution >= 0.6 is 0 Å². The Hall–Kier alpha value is -2.69. The Bertz CT molecular complexity index is 753. The third kappa shape index (κ3) is 5.16. The topological polar surface area (TPSA) is 50.8 Å². The Balaban J connectivity index is 1.45. The minimum atomic E-state index is 0.0494. The van der Waals surface area contributed by atoms with Crippen LogP contribution in [-0.4, -0.2) is 33.2 Å². The summed E-state index contributed by atoms with van der Waals surface area (Å²) in [5.41, 5.74) is 3.46. The maximum atomic E-state index is 12.2. The average Bonchev–Trinajstić information content (AvgIpc) is 3.25. The van der Waals surface area contributed by atoms with Gasteiger partial charge in [0.25, 0.3) is 0 Å². The van der Waals surface area contributed by atoms with E-state index in [-0.39, 0.29) is 5.91 Å². The van der Waals surface area contributed by atoms with Crippen LogP contribution in [-0.2, 0) is 17.8 Å². The van der Waals surface area contributed by atoms with Gasteiger partial charge in [0.1, 0.15) is 0 Å². The first-order valence-electron chi connectivity index (χ1n) is 9.51. The zero-order valence-electron chi connectivity index (χ0n) is 16.2. The standard InChI is InChI=1S/C22H28N2O3/c1-26-20-11-7-18(15-21(20)27-2)16-23-22(25)12-8-17-5-9-19(10-6-17)24-13-3-4-14-24/h5-7,9-11,15H,3-4,8,12-14,16H2,1-2H3,(H,23,25). The molecular formula is C22H28N2O3. The molecule has 2 aromatic rings. The summed E-state index contributed by atoms with van der Waals surface area (Å²) in [5, 5.41) is 2.97. The number of carbonyl (C=O) groups is 1. The van der Waals surface area contributed by atoms with Gasteiger partial charge >= 0.3 is 0 Å². The SMILES string of the molecule is COc1ccc(CNC(=O)CCc2ccc(N3CCCC3)cc2)cc1OC. The molecule has 5 heteroatoms. The van der Waals surface area contributed by atoms with Crippen molar-refractivity contribution in [2.75, 3.05) is 32.2 Å². The Morgan fingerprint density at radius 1 is 0.963 bits per heavy atom. The lowest BCUT2D eigenvalue weighted by Crippen LogP contribution is -2.23. The molecule has 1 fully saturated rings. The number of aryl methyl sites for hydroxylation is 1. The lowest BCUT2D eigenvalue weighted by Gasteiger charge is -2.17. The lowest BCUT2D eigenvalue weighted by molar-refractivity contribution is -0.121. The van der Waals surface area contributed by atoms with E-state index in [1.165, 1.54) is 24.1 Å². The molecule has 0 saturated carbocycles. The minimum Gasteiger partial charge on any atom is -0.493 e. The monoisotopic (exact) mass is 368 g/mol. The first-order chi connectivity index (χ1) is 13.2. The van der Waals surface area contributed by atoms with Crippen LogP contribution < -0.4 is 19.7 Å². The van der Waals surface area contributed by atoms with Gasteiger partial charge in [0.05, 0.1) is 14.2 Å². The van der Waals surface area contributed by atoms with E-state index >= 15 is 0 Å². The van der Waals surface area contributed by atoms with Crippen molar-refractivity contribution in [3.05, 3.63) is 53.6 Å². The van der Waals surface area contributed by atoms with Crippen LogP contribution in [0.4, 0.5) is 5.69 Å². The molecule has 0 unspecified atom stereocenters. The summed E-state index contributed by atoms with van der Waals surface area (Å²) in [7, 11) is 3.21. The second-order valence-electron chi connectivity index (χ2n) is 6.83. The summed E-state index contributed by atoms with van der Waals surface area (Å²) in [4.78, 5) is 14.6. The van der Waals surface area contributed by atoms with Gasteiger partial charge < -0.3 is 19.7 Å². The van der Waals surface area contributed by atoms with Crippen molar-refractivity contribution in [3.63, 3.8) is 0 Å². The van der Waals surface area contributed by atoms with Crippen molar-refractivity contribution in [2.45, 2.75) is 32.2 Å². The van der Waals surface area contributed by atoms with Crippen molar-refractivity contribution >= 4 is 11.6 Å². The summed E-state index contributed by atoms with van der Waals surface area (Å²) < 4.78 is 10.5. The number of nitrogens with zero attached hydrogens (tertiary/aromatic N) is 1. The second-order valence-corrected chi connectivity index (χ2v) is 6.83. The van der Waals surface area contributed by atoms with Gasteiger partial charge in [-0.2, -0.15) is 0 Å². The number of hydrogen-bond donors (Lipinski definition) is 1. The Morgan fingerprint density at radius 2 is 1.63 bits per heavy atom. The zero-order valence-corrected chi connectivity index (χ0v) is 16.2. The van der Waals surface area contributed by atoms with E-state index in [1.54, 1.807) is 14.2 Å². The van der Waals surface area contributed by atoms with Gasteiger partial charge in [-0.3, -0.25) is 4.79 Å². The van der Waals surface area contributed by atoms with Crippen LogP contribution in [0.2, 0.25) is 0 Å². The van der Waals surface area contributed by atoms with E-state index in [9.17, 15) is 4.79 Å². The van der Waals surface area contributed by atoms with Gasteiger partial charge in [-0.25, -0.2) is 0 Å². The fourth-order valence-corrected chi connectivity index (χ4v) is 3.39. The van der Waals surface area contributed by atoms with Crippen LogP contribution in [0.1, 0.15) is 30.4 Å². The molecule has 0 aliphatic carbocycles. The maximum absolute atomic E-state index is 12.2. The second kappa shape index (κ2) is 9.31. The molecule has 5 nitrogen and oxygen atoms in total. The molecule has 1 heterocycles. The van der Waals surface area contributed by atoms with Gasteiger partial charge in [0, 0.05) is 31.7 Å². The third-order valence-electron chi connectivity index (χ3n) is 4.99. The van der Waals surface area contributed by atoms with Gasteiger partial charge in [-0.1, -0.05) is 18.2 Å². The number of methoxy groups -OCH3 is 2. The fourth-order valence-electron chi connectivity index (χ4n) is 3.39. The molecule has 2 aromatic carbocycles. The fraction of sp³-hybridized carbons (Fsp3) is 0.409. The summed E-state index contributed by atoms with van der Waals surface area (Å²) in [5.74, 6) is 1.40. The quantitative estimate of drug-likeness (QED) is 0.774. The van der Waals surface area contributed by atoms with Gasteiger partial charge in [-0.15, -0.1) is 0 Å². The van der Waals surface area contributed by atoms with Crippen molar-refractivity contribution in [2.24, 2.45) is 0 Å². The summed E-state index contributed by atoms with van der Waals surface area (Å²) >= 11 is 0. The van der Waals surface area contributed by atoms with Crippen molar-refractivity contribution in [1.29, 1.82) is 0 Å². The molecule has 1 saturated heterocycles. The molecular weight excluding hydrogens is 340 g/mol. The molecule has 1 aliphatic rings. The molecule has 1 aliphatic heterocycles. The van der Waals surface area contributed by atoms with E-state index in [0.29, 0.717) is 24.5 Å². The molecule has 0 bridgehead atoms. The number of amides is 1. The first-order valence-corrected chi connectivity index (χ1v) is 9.51. The van der Waals surface area contributed by atoms with Crippen LogP contribution in [0.3, 0.4) is 0 Å². The molecule has 27 heavy (non-hydrogen) atoms. The predicted molar refractivity (Wildman–Crippen MR) is 108 cm³/mol. The van der Waals surface area contributed by atoms with Crippen LogP contribution in [0.15, 0.2) is 42.5 Å². The number of benzene rings is 2. The number of anilines is 1. The smallest absolute Gasteiger partial charge is 0.220 e. The summed E-state index contributed by atoms with van der Waals surface area (Å²) in [6.07, 6.45) is 3.79. The normalized spacial score (nSPS) is 13.5. The molecule has 0 spiro atoms. The van der Waals surface area contributed by atoms with Crippen LogP contribution in [0.5, 0.6) is 11.5 Å². The number of rotatable bonds is 8. The molecule has 144 valence electrons. The minimum absolute atomic E-state index is 0.0494. The third-order valence-corrected chi connectivity index (χ3v) is 4.99. The highest BCUT2D eigenvalue weighted by atomic mass is 16.5. The largest absolute Gasteiger partial charge is 0.493 e. The summed E-state index contributed by atoms with van der Waals surface area (Å²) in [6, 6.07) is 14.3. The van der Waals surface area contributed by atoms with Crippen molar-refractivity contribution < 1.29 is 14.3 Å². The number of ether oxygens (including phenoxy) is 2. The number of carbonyl (C=O) groups excluding carboxylic acids is 1. The van der Waals surface area contributed by atoms with Crippen molar-refractivity contribution in [1.82, 2.24) is 5.32 Å². The van der Waals surface area contributed by atoms with E-state index in [0.717, 1.165) is 25.1 Å². The molecule has 3 rings (SSSR count). The highest BCUT2D eigenvalue weighted by Crippen LogP contribution is 2.27. The predicted octanol–water partition coefficient (Wildman–Crippen LogP) is 3.55. The summed E-state index contributed by atoms with van der Waals surface area (Å²) in [6.45, 7) is 2.78. The molecule has 0 radical (unpaired) electrons. The maximum Gasteiger partial charge on any atom is 0.220 e. The van der Waals surface area contributed by atoms with Gasteiger partial charge in [0.15, 0.2) is 11.5 Å². The van der Waals surface area contributed by atoms with E-state index in [4.69, 9.17) is 9.47 Å². The molecule has 1 amide bonds. The van der Waals surface area contributed by atoms with Crippen LogP contribution in [0.25, 0.3) is 0 Å². The van der Waals surface area contributed by atoms with E-state index in [1.807, 2.05) is 18.2 Å². The molecule has 1 N–H and O–H groups in total. The van der Waals surface area contributed by atoms with Crippen molar-refractivity contribution in [3.8, 4) is 11.5 Å². The number of nitrogens with one attached hydrogen (secondary N) is 1. The Kier molecular flexibility index (Phi) is 6.58. The highest BCUT2D eigenvalue weighted by Gasteiger charge is 2.12. The Morgan fingerprint density at radius 3 is 2.30 bits per heavy atom. The average molecular weight is 368 g/mol. The molecule has 0 atom stereocenters. The van der Waals surface area contributed by atoms with Gasteiger partial charge in [0.2, 0.25) is 5.91 Å².